The quantitative estimate of drug-likeness (QED) is 0.246. The molecular formula is C24H34N4. The smallest absolute Gasteiger partial charge is 0.0988 e. The molecule has 0 aliphatic heterocycles. The molecule has 0 fully saturated rings. The second kappa shape index (κ2) is 14.2. The standard InChI is InChI=1S/C24H34N4/c1-8-18(4)17-28-24(19(5)9-2)20(6)22(15-21(10-3)16-26)11-12-23(27-7)13-14-25/h8,10,13-15,17,19,25,27H,1,6,9,11-12H2,2-5,7H3/b18-17-,21-10+,22-15-,23-13-,25-14?,28-24+. The summed E-state index contributed by atoms with van der Waals surface area (Å²) in [6, 6.07) is 2.22. The normalized spacial score (nSPS) is 14.9. The summed E-state index contributed by atoms with van der Waals surface area (Å²) in [7, 11) is 1.84. The Hall–Kier alpha value is -2.93. The molecule has 28 heavy (non-hydrogen) atoms. The van der Waals surface area contributed by atoms with Crippen LogP contribution in [0.25, 0.3) is 0 Å². The van der Waals surface area contributed by atoms with E-state index >= 15 is 0 Å². The fourth-order valence-corrected chi connectivity index (χ4v) is 2.42. The lowest BCUT2D eigenvalue weighted by Gasteiger charge is -2.19. The minimum absolute atomic E-state index is 0.238. The Morgan fingerprint density at radius 2 is 2.04 bits per heavy atom. The van der Waals surface area contributed by atoms with Gasteiger partial charge >= 0.3 is 0 Å². The van der Waals surface area contributed by atoms with Crippen LogP contribution in [0.1, 0.15) is 47.0 Å². The van der Waals surface area contributed by atoms with Gasteiger partial charge in [0.25, 0.3) is 0 Å². The van der Waals surface area contributed by atoms with Gasteiger partial charge in [0.2, 0.25) is 0 Å². The van der Waals surface area contributed by atoms with Crippen LogP contribution in [-0.4, -0.2) is 19.0 Å². The van der Waals surface area contributed by atoms with Gasteiger partial charge in [-0.2, -0.15) is 5.26 Å². The topological polar surface area (TPSA) is 72.0 Å². The molecule has 0 radical (unpaired) electrons. The van der Waals surface area contributed by atoms with Crippen molar-refractivity contribution < 1.29 is 0 Å². The predicted molar refractivity (Wildman–Crippen MR) is 123 cm³/mol. The van der Waals surface area contributed by atoms with Gasteiger partial charge in [-0.1, -0.05) is 39.2 Å². The number of aliphatic imine (C=N–C) groups is 1. The third-order valence-corrected chi connectivity index (χ3v) is 4.54. The van der Waals surface area contributed by atoms with E-state index in [0.29, 0.717) is 18.4 Å². The third kappa shape index (κ3) is 8.64. The SMILES string of the molecule is C=C/C(C)=C\N=C(\C(=C)/C(=C\C(C#N)=C/C)CC/C(=C/C=N)NC)C(C)CC. The van der Waals surface area contributed by atoms with Crippen LogP contribution < -0.4 is 5.32 Å². The van der Waals surface area contributed by atoms with Crippen molar-refractivity contribution in [2.45, 2.75) is 47.0 Å². The zero-order chi connectivity index (χ0) is 21.5. The largest absolute Gasteiger partial charge is 0.391 e. The number of hydrogen-bond acceptors (Lipinski definition) is 4. The van der Waals surface area contributed by atoms with E-state index in [9.17, 15) is 5.26 Å². The average molecular weight is 379 g/mol. The van der Waals surface area contributed by atoms with Gasteiger partial charge in [-0.3, -0.25) is 4.99 Å². The highest BCUT2D eigenvalue weighted by Crippen LogP contribution is 2.25. The van der Waals surface area contributed by atoms with Crippen molar-refractivity contribution in [3.63, 3.8) is 0 Å². The van der Waals surface area contributed by atoms with E-state index in [1.54, 1.807) is 18.2 Å². The lowest BCUT2D eigenvalue weighted by atomic mass is 9.88. The van der Waals surface area contributed by atoms with E-state index in [1.807, 2.05) is 33.2 Å². The number of nitrogens with one attached hydrogen (secondary N) is 2. The molecule has 0 aliphatic carbocycles. The Bertz CT molecular complexity index is 752. The van der Waals surface area contributed by atoms with Crippen molar-refractivity contribution in [1.29, 1.82) is 10.7 Å². The summed E-state index contributed by atoms with van der Waals surface area (Å²) in [6.45, 7) is 16.2. The maximum absolute atomic E-state index is 9.37. The van der Waals surface area contributed by atoms with Crippen molar-refractivity contribution >= 4 is 11.9 Å². The maximum atomic E-state index is 9.37. The van der Waals surface area contributed by atoms with E-state index in [1.165, 1.54) is 6.21 Å². The Kier molecular flexibility index (Phi) is 12.7. The monoisotopic (exact) mass is 378 g/mol. The van der Waals surface area contributed by atoms with E-state index in [2.05, 4.69) is 38.4 Å². The van der Waals surface area contributed by atoms with E-state index in [0.717, 1.165) is 34.5 Å². The van der Waals surface area contributed by atoms with E-state index < -0.39 is 0 Å². The molecule has 0 saturated carbocycles. The predicted octanol–water partition coefficient (Wildman–Crippen LogP) is 6.05. The molecule has 0 aromatic heterocycles. The second-order valence-electron chi connectivity index (χ2n) is 6.51. The van der Waals surface area contributed by atoms with Crippen molar-refractivity contribution in [3.8, 4) is 6.07 Å². The van der Waals surface area contributed by atoms with Crippen molar-refractivity contribution in [2.75, 3.05) is 7.05 Å². The van der Waals surface area contributed by atoms with Crippen LogP contribution in [0.15, 0.2) is 76.6 Å². The van der Waals surface area contributed by atoms with Crippen LogP contribution in [0.2, 0.25) is 0 Å². The zero-order valence-corrected chi connectivity index (χ0v) is 18.0. The van der Waals surface area contributed by atoms with Crippen LogP contribution in [0.5, 0.6) is 0 Å². The molecule has 0 aromatic carbocycles. The molecule has 1 unspecified atom stereocenters. The molecule has 0 heterocycles. The molecule has 0 aromatic rings. The average Bonchev–Trinajstić information content (AvgIpc) is 2.72. The maximum Gasteiger partial charge on any atom is 0.0988 e. The molecule has 0 rings (SSSR count). The number of hydrogen-bond donors (Lipinski definition) is 2. The molecule has 0 saturated heterocycles. The summed E-state index contributed by atoms with van der Waals surface area (Å²) < 4.78 is 0. The summed E-state index contributed by atoms with van der Waals surface area (Å²) in [6.07, 6.45) is 12.6. The molecule has 0 amide bonds. The molecule has 0 aliphatic rings. The Labute approximate surface area is 171 Å². The first-order valence-corrected chi connectivity index (χ1v) is 9.59. The third-order valence-electron chi connectivity index (χ3n) is 4.54. The molecule has 4 heteroatoms. The summed E-state index contributed by atoms with van der Waals surface area (Å²) >= 11 is 0. The fourth-order valence-electron chi connectivity index (χ4n) is 2.42. The van der Waals surface area contributed by atoms with Crippen molar-refractivity contribution in [3.05, 3.63) is 71.7 Å². The Morgan fingerprint density at radius 3 is 2.50 bits per heavy atom. The van der Waals surface area contributed by atoms with E-state index in [4.69, 9.17) is 10.4 Å². The van der Waals surface area contributed by atoms with Gasteiger partial charge in [0.05, 0.1) is 11.8 Å². The van der Waals surface area contributed by atoms with Crippen LogP contribution in [-0.2, 0) is 0 Å². The lowest BCUT2D eigenvalue weighted by molar-refractivity contribution is 0.737. The highest BCUT2D eigenvalue weighted by atomic mass is 14.8. The minimum Gasteiger partial charge on any atom is -0.391 e. The summed E-state index contributed by atoms with van der Waals surface area (Å²) in [4.78, 5) is 4.70. The number of nitriles is 1. The minimum atomic E-state index is 0.238. The van der Waals surface area contributed by atoms with Gasteiger partial charge in [0.15, 0.2) is 0 Å². The van der Waals surface area contributed by atoms with E-state index in [-0.39, 0.29) is 5.92 Å². The van der Waals surface area contributed by atoms with Gasteiger partial charge in [-0.05, 0) is 67.9 Å². The first-order chi connectivity index (χ1) is 13.4. The molecule has 0 bridgehead atoms. The fraction of sp³-hybridized carbons (Fsp3) is 0.375. The Balaban J connectivity index is 6.11. The zero-order valence-electron chi connectivity index (χ0n) is 18.0. The van der Waals surface area contributed by atoms with Gasteiger partial charge in [-0.15, -0.1) is 0 Å². The molecule has 0 spiro atoms. The number of rotatable bonds is 12. The molecule has 2 N–H and O–H groups in total. The molecular weight excluding hydrogens is 344 g/mol. The van der Waals surface area contributed by atoms with Crippen LogP contribution in [0.4, 0.5) is 0 Å². The van der Waals surface area contributed by atoms with Gasteiger partial charge < -0.3 is 10.7 Å². The van der Waals surface area contributed by atoms with Crippen LogP contribution >= 0.6 is 0 Å². The highest BCUT2D eigenvalue weighted by molar-refractivity contribution is 6.05. The summed E-state index contributed by atoms with van der Waals surface area (Å²) in [5.41, 5.74) is 5.28. The summed E-state index contributed by atoms with van der Waals surface area (Å²) in [5.74, 6) is 0.238. The first-order valence-electron chi connectivity index (χ1n) is 9.59. The van der Waals surface area contributed by atoms with Gasteiger partial charge in [-0.25, -0.2) is 0 Å². The van der Waals surface area contributed by atoms with Crippen molar-refractivity contribution in [1.82, 2.24) is 5.32 Å². The lowest BCUT2D eigenvalue weighted by Crippen LogP contribution is -2.15. The van der Waals surface area contributed by atoms with Crippen LogP contribution in [0, 0.1) is 22.7 Å². The number of allylic oxidation sites excluding steroid dienone is 9. The molecule has 4 nitrogen and oxygen atoms in total. The van der Waals surface area contributed by atoms with Gasteiger partial charge in [0.1, 0.15) is 0 Å². The first kappa shape index (κ1) is 25.1. The van der Waals surface area contributed by atoms with Crippen LogP contribution in [0.3, 0.4) is 0 Å². The summed E-state index contributed by atoms with van der Waals surface area (Å²) in [5, 5.41) is 19.8. The highest BCUT2D eigenvalue weighted by Gasteiger charge is 2.16. The Morgan fingerprint density at radius 1 is 1.36 bits per heavy atom. The molecule has 150 valence electrons. The van der Waals surface area contributed by atoms with Gasteiger partial charge in [0, 0.05) is 30.7 Å². The number of nitrogens with zero attached hydrogens (tertiary/aromatic N) is 2. The van der Waals surface area contributed by atoms with Crippen molar-refractivity contribution in [2.24, 2.45) is 10.9 Å². The molecule has 1 atom stereocenters. The second-order valence-corrected chi connectivity index (χ2v) is 6.51.